The minimum atomic E-state index is 0.0373. The molecule has 0 saturated carbocycles. The zero-order valence-corrected chi connectivity index (χ0v) is 12.9. The van der Waals surface area contributed by atoms with Gasteiger partial charge in [0.15, 0.2) is 0 Å². The lowest BCUT2D eigenvalue weighted by Crippen LogP contribution is -2.38. The SMILES string of the molecule is CC1CCN(C(=O)COCc2ccccc2)c2ccccc21. The molecule has 0 bridgehead atoms. The largest absolute Gasteiger partial charge is 0.367 e. The van der Waals surface area contributed by atoms with E-state index in [0.29, 0.717) is 12.5 Å². The fourth-order valence-corrected chi connectivity index (χ4v) is 2.92. The lowest BCUT2D eigenvalue weighted by Gasteiger charge is -2.32. The third-order valence-electron chi connectivity index (χ3n) is 4.18. The number of rotatable bonds is 4. The predicted octanol–water partition coefficient (Wildman–Crippen LogP) is 3.74. The third-order valence-corrected chi connectivity index (χ3v) is 4.18. The number of hydrogen-bond acceptors (Lipinski definition) is 2. The third kappa shape index (κ3) is 3.20. The Bertz CT molecular complexity index is 639. The van der Waals surface area contributed by atoms with Crippen molar-refractivity contribution in [3.05, 3.63) is 65.7 Å². The van der Waals surface area contributed by atoms with Crippen LogP contribution in [0, 0.1) is 0 Å². The van der Waals surface area contributed by atoms with Gasteiger partial charge < -0.3 is 9.64 Å². The first-order valence-electron chi connectivity index (χ1n) is 7.76. The molecule has 1 unspecified atom stereocenters. The summed E-state index contributed by atoms with van der Waals surface area (Å²) in [6, 6.07) is 18.1. The molecule has 0 aliphatic carbocycles. The standard InChI is InChI=1S/C19H21NO2/c1-15-11-12-20(18-10-6-5-9-17(15)18)19(21)14-22-13-16-7-3-2-4-8-16/h2-10,15H,11-14H2,1H3. The molecule has 0 N–H and O–H groups in total. The topological polar surface area (TPSA) is 29.5 Å². The molecule has 1 atom stereocenters. The molecule has 0 fully saturated rings. The summed E-state index contributed by atoms with van der Waals surface area (Å²) in [5.74, 6) is 0.542. The summed E-state index contributed by atoms with van der Waals surface area (Å²) in [4.78, 5) is 14.3. The molecule has 3 heteroatoms. The molecule has 1 aliphatic heterocycles. The van der Waals surface area contributed by atoms with Crippen LogP contribution in [0.2, 0.25) is 0 Å². The van der Waals surface area contributed by atoms with E-state index >= 15 is 0 Å². The van der Waals surface area contributed by atoms with Crippen LogP contribution in [0.1, 0.15) is 30.4 Å². The van der Waals surface area contributed by atoms with E-state index in [1.54, 1.807) is 0 Å². The van der Waals surface area contributed by atoms with Crippen molar-refractivity contribution in [1.82, 2.24) is 0 Å². The van der Waals surface area contributed by atoms with Crippen molar-refractivity contribution >= 4 is 11.6 Å². The highest BCUT2D eigenvalue weighted by atomic mass is 16.5. The maximum Gasteiger partial charge on any atom is 0.252 e. The number of ether oxygens (including phenoxy) is 1. The normalized spacial score (nSPS) is 17.1. The summed E-state index contributed by atoms with van der Waals surface area (Å²) in [6.45, 7) is 3.58. The molecule has 114 valence electrons. The van der Waals surface area contributed by atoms with Crippen LogP contribution in [0.25, 0.3) is 0 Å². The molecule has 3 rings (SSSR count). The minimum Gasteiger partial charge on any atom is -0.367 e. The Hall–Kier alpha value is -2.13. The van der Waals surface area contributed by atoms with Crippen LogP contribution >= 0.6 is 0 Å². The predicted molar refractivity (Wildman–Crippen MR) is 87.9 cm³/mol. The van der Waals surface area contributed by atoms with E-state index in [1.165, 1.54) is 5.56 Å². The van der Waals surface area contributed by atoms with E-state index in [4.69, 9.17) is 4.74 Å². The lowest BCUT2D eigenvalue weighted by molar-refractivity contribution is -0.123. The van der Waals surface area contributed by atoms with Crippen LogP contribution in [0.4, 0.5) is 5.69 Å². The maximum absolute atomic E-state index is 12.5. The second-order valence-corrected chi connectivity index (χ2v) is 5.77. The second kappa shape index (κ2) is 6.75. The second-order valence-electron chi connectivity index (χ2n) is 5.77. The molecule has 1 amide bonds. The molecule has 1 heterocycles. The average molecular weight is 295 g/mol. The molecule has 2 aromatic rings. The average Bonchev–Trinajstić information content (AvgIpc) is 2.56. The first kappa shape index (κ1) is 14.8. The first-order chi connectivity index (χ1) is 10.8. The number of nitrogens with zero attached hydrogens (tertiary/aromatic N) is 1. The molecule has 3 nitrogen and oxygen atoms in total. The van der Waals surface area contributed by atoms with E-state index in [9.17, 15) is 4.79 Å². The molecular formula is C19H21NO2. The van der Waals surface area contributed by atoms with Crippen LogP contribution in [-0.4, -0.2) is 19.1 Å². The molecule has 0 spiro atoms. The van der Waals surface area contributed by atoms with Gasteiger partial charge >= 0.3 is 0 Å². The van der Waals surface area contributed by atoms with Gasteiger partial charge in [0, 0.05) is 12.2 Å². The lowest BCUT2D eigenvalue weighted by atomic mass is 9.91. The molecule has 22 heavy (non-hydrogen) atoms. The van der Waals surface area contributed by atoms with Crippen molar-refractivity contribution in [3.63, 3.8) is 0 Å². The number of carbonyl (C=O) groups is 1. The monoisotopic (exact) mass is 295 g/mol. The summed E-state index contributed by atoms with van der Waals surface area (Å²) in [5.41, 5.74) is 3.38. The van der Waals surface area contributed by atoms with Gasteiger partial charge in [0.05, 0.1) is 6.61 Å². The van der Waals surface area contributed by atoms with Gasteiger partial charge in [0.1, 0.15) is 6.61 Å². The Labute approximate surface area is 131 Å². The summed E-state index contributed by atoms with van der Waals surface area (Å²) >= 11 is 0. The fraction of sp³-hybridized carbons (Fsp3) is 0.316. The van der Waals surface area contributed by atoms with Crippen LogP contribution in [0.5, 0.6) is 0 Å². The van der Waals surface area contributed by atoms with Crippen molar-refractivity contribution in [2.75, 3.05) is 18.1 Å². The van der Waals surface area contributed by atoms with Gasteiger partial charge in [0.25, 0.3) is 5.91 Å². The van der Waals surface area contributed by atoms with Gasteiger partial charge in [-0.3, -0.25) is 4.79 Å². The molecule has 1 aliphatic rings. The summed E-state index contributed by atoms with van der Waals surface area (Å²) in [7, 11) is 0. The number of hydrogen-bond donors (Lipinski definition) is 0. The van der Waals surface area contributed by atoms with Gasteiger partial charge in [-0.1, -0.05) is 55.5 Å². The summed E-state index contributed by atoms with van der Waals surface area (Å²) in [6.07, 6.45) is 1.00. The maximum atomic E-state index is 12.5. The quantitative estimate of drug-likeness (QED) is 0.860. The van der Waals surface area contributed by atoms with Crippen molar-refractivity contribution in [3.8, 4) is 0 Å². The first-order valence-corrected chi connectivity index (χ1v) is 7.76. The van der Waals surface area contributed by atoms with E-state index < -0.39 is 0 Å². The Morgan fingerprint density at radius 1 is 1.14 bits per heavy atom. The van der Waals surface area contributed by atoms with Crippen molar-refractivity contribution in [1.29, 1.82) is 0 Å². The van der Waals surface area contributed by atoms with Crippen LogP contribution in [0.3, 0.4) is 0 Å². The van der Waals surface area contributed by atoms with Crippen molar-refractivity contribution < 1.29 is 9.53 Å². The van der Waals surface area contributed by atoms with Crippen LogP contribution in [-0.2, 0) is 16.1 Å². The summed E-state index contributed by atoms with van der Waals surface area (Å²) < 4.78 is 5.59. The zero-order chi connectivity index (χ0) is 15.4. The van der Waals surface area contributed by atoms with Crippen LogP contribution in [0.15, 0.2) is 54.6 Å². The van der Waals surface area contributed by atoms with Gasteiger partial charge in [-0.05, 0) is 29.5 Å². The van der Waals surface area contributed by atoms with E-state index in [1.807, 2.05) is 53.4 Å². The van der Waals surface area contributed by atoms with Gasteiger partial charge in [-0.25, -0.2) is 0 Å². The minimum absolute atomic E-state index is 0.0373. The zero-order valence-electron chi connectivity index (χ0n) is 12.9. The van der Waals surface area contributed by atoms with E-state index in [0.717, 1.165) is 24.2 Å². The van der Waals surface area contributed by atoms with Crippen LogP contribution < -0.4 is 4.90 Å². The smallest absolute Gasteiger partial charge is 0.252 e. The van der Waals surface area contributed by atoms with Gasteiger partial charge in [0.2, 0.25) is 0 Å². The molecule has 0 saturated heterocycles. The number of amides is 1. The highest BCUT2D eigenvalue weighted by Crippen LogP contribution is 2.34. The molecule has 0 radical (unpaired) electrons. The Balaban J connectivity index is 1.62. The molecule has 0 aromatic heterocycles. The number of carbonyl (C=O) groups excluding carboxylic acids is 1. The van der Waals surface area contributed by atoms with E-state index in [-0.39, 0.29) is 12.5 Å². The summed E-state index contributed by atoms with van der Waals surface area (Å²) in [5, 5.41) is 0. The number of para-hydroxylation sites is 1. The van der Waals surface area contributed by atoms with E-state index in [2.05, 4.69) is 13.0 Å². The highest BCUT2D eigenvalue weighted by Gasteiger charge is 2.25. The highest BCUT2D eigenvalue weighted by molar-refractivity contribution is 5.95. The Morgan fingerprint density at radius 3 is 2.68 bits per heavy atom. The van der Waals surface area contributed by atoms with Crippen molar-refractivity contribution in [2.45, 2.75) is 25.9 Å². The molecular weight excluding hydrogens is 274 g/mol. The number of benzene rings is 2. The number of anilines is 1. The van der Waals surface area contributed by atoms with Crippen molar-refractivity contribution in [2.24, 2.45) is 0 Å². The van der Waals surface area contributed by atoms with Gasteiger partial charge in [-0.15, -0.1) is 0 Å². The Morgan fingerprint density at radius 2 is 1.86 bits per heavy atom. The molecule has 2 aromatic carbocycles. The van der Waals surface area contributed by atoms with Gasteiger partial charge in [-0.2, -0.15) is 0 Å². The fourth-order valence-electron chi connectivity index (χ4n) is 2.92. The Kier molecular flexibility index (Phi) is 4.54. The number of fused-ring (bicyclic) bond motifs is 1.